The van der Waals surface area contributed by atoms with E-state index in [2.05, 4.69) is 30.6 Å². The first-order chi connectivity index (χ1) is 11.7. The molecule has 0 bridgehead atoms. The van der Waals surface area contributed by atoms with Crippen molar-refractivity contribution in [2.45, 2.75) is 13.3 Å². The Morgan fingerprint density at radius 1 is 1.21 bits per heavy atom. The second kappa shape index (κ2) is 6.90. The third kappa shape index (κ3) is 3.09. The minimum atomic E-state index is -0.359. The zero-order valence-corrected chi connectivity index (χ0v) is 13.2. The third-order valence-electron chi connectivity index (χ3n) is 3.30. The molecule has 0 radical (unpaired) electrons. The van der Waals surface area contributed by atoms with Gasteiger partial charge in [0.2, 0.25) is 0 Å². The Bertz CT molecular complexity index is 875. The van der Waals surface area contributed by atoms with Crippen molar-refractivity contribution in [2.75, 3.05) is 13.7 Å². The van der Waals surface area contributed by atoms with Crippen LogP contribution in [0, 0.1) is 0 Å². The summed E-state index contributed by atoms with van der Waals surface area (Å²) in [6.45, 7) is 2.58. The van der Waals surface area contributed by atoms with E-state index in [0.717, 1.165) is 6.42 Å². The Balaban J connectivity index is 2.04. The average Bonchev–Trinajstić information content (AvgIpc) is 3.14. The second-order valence-electron chi connectivity index (χ2n) is 4.94. The van der Waals surface area contributed by atoms with Crippen LogP contribution in [0.3, 0.4) is 0 Å². The number of tetrazole rings is 1. The lowest BCUT2D eigenvalue weighted by molar-refractivity contribution is 0.317. The first kappa shape index (κ1) is 15.7. The van der Waals surface area contributed by atoms with Gasteiger partial charge in [0, 0.05) is 6.20 Å². The van der Waals surface area contributed by atoms with Gasteiger partial charge in [0.1, 0.15) is 22.9 Å². The SMILES string of the molecule is CCCOc1ccc(OC)cc1-c1ncc(-c2nnn[nH]2)c(=O)[nH]1. The molecule has 2 N–H and O–H groups in total. The maximum Gasteiger partial charge on any atom is 0.262 e. The van der Waals surface area contributed by atoms with Gasteiger partial charge in [0.15, 0.2) is 5.82 Å². The van der Waals surface area contributed by atoms with Gasteiger partial charge in [0.25, 0.3) is 5.56 Å². The molecular formula is C15H16N6O3. The van der Waals surface area contributed by atoms with E-state index in [4.69, 9.17) is 9.47 Å². The van der Waals surface area contributed by atoms with Gasteiger partial charge in [-0.25, -0.2) is 10.1 Å². The lowest BCUT2D eigenvalue weighted by Crippen LogP contribution is -2.12. The van der Waals surface area contributed by atoms with Crippen molar-refractivity contribution in [1.29, 1.82) is 0 Å². The number of hydrogen-bond acceptors (Lipinski definition) is 7. The number of ether oxygens (including phenoxy) is 2. The molecule has 24 heavy (non-hydrogen) atoms. The molecule has 0 saturated carbocycles. The molecule has 0 aliphatic carbocycles. The van der Waals surface area contributed by atoms with Crippen molar-refractivity contribution in [3.05, 3.63) is 34.7 Å². The van der Waals surface area contributed by atoms with Crippen LogP contribution in [0.2, 0.25) is 0 Å². The maximum atomic E-state index is 12.3. The Morgan fingerprint density at radius 2 is 2.08 bits per heavy atom. The van der Waals surface area contributed by atoms with Crippen molar-refractivity contribution in [3.8, 4) is 34.3 Å². The van der Waals surface area contributed by atoms with Gasteiger partial charge in [0.05, 0.1) is 19.3 Å². The fourth-order valence-corrected chi connectivity index (χ4v) is 2.13. The van der Waals surface area contributed by atoms with Gasteiger partial charge in [-0.3, -0.25) is 4.79 Å². The molecule has 3 aromatic rings. The summed E-state index contributed by atoms with van der Waals surface area (Å²) in [5.74, 6) is 1.89. The van der Waals surface area contributed by atoms with E-state index in [-0.39, 0.29) is 16.9 Å². The molecule has 3 rings (SSSR count). The normalized spacial score (nSPS) is 10.6. The summed E-state index contributed by atoms with van der Waals surface area (Å²) < 4.78 is 11.0. The Morgan fingerprint density at radius 3 is 2.75 bits per heavy atom. The van der Waals surface area contributed by atoms with Crippen LogP contribution in [0.25, 0.3) is 22.8 Å². The van der Waals surface area contributed by atoms with E-state index >= 15 is 0 Å². The summed E-state index contributed by atoms with van der Waals surface area (Å²) in [4.78, 5) is 19.3. The molecule has 0 fully saturated rings. The van der Waals surface area contributed by atoms with E-state index in [1.165, 1.54) is 6.20 Å². The zero-order valence-electron chi connectivity index (χ0n) is 13.2. The molecular weight excluding hydrogens is 312 g/mol. The summed E-state index contributed by atoms with van der Waals surface area (Å²) in [7, 11) is 1.57. The molecule has 1 aromatic carbocycles. The molecule has 0 aliphatic rings. The largest absolute Gasteiger partial charge is 0.497 e. The van der Waals surface area contributed by atoms with Gasteiger partial charge < -0.3 is 14.5 Å². The van der Waals surface area contributed by atoms with Crippen LogP contribution in [0.15, 0.2) is 29.2 Å². The molecule has 2 aromatic heterocycles. The van der Waals surface area contributed by atoms with Crippen LogP contribution in [-0.2, 0) is 0 Å². The quantitative estimate of drug-likeness (QED) is 0.702. The molecule has 0 aliphatic heterocycles. The van der Waals surface area contributed by atoms with Crippen LogP contribution in [-0.4, -0.2) is 44.3 Å². The summed E-state index contributed by atoms with van der Waals surface area (Å²) >= 11 is 0. The molecule has 2 heterocycles. The Hall–Kier alpha value is -3.23. The molecule has 0 spiro atoms. The van der Waals surface area contributed by atoms with Crippen molar-refractivity contribution < 1.29 is 9.47 Å². The number of benzene rings is 1. The minimum absolute atomic E-state index is 0.252. The van der Waals surface area contributed by atoms with Gasteiger partial charge in [-0.1, -0.05) is 6.92 Å². The molecule has 124 valence electrons. The van der Waals surface area contributed by atoms with E-state index in [9.17, 15) is 4.79 Å². The van der Waals surface area contributed by atoms with Crippen molar-refractivity contribution in [1.82, 2.24) is 30.6 Å². The summed E-state index contributed by atoms with van der Waals surface area (Å²) in [5, 5.41) is 13.2. The second-order valence-corrected chi connectivity index (χ2v) is 4.94. The Labute approximate surface area is 137 Å². The zero-order chi connectivity index (χ0) is 16.9. The highest BCUT2D eigenvalue weighted by Gasteiger charge is 2.14. The average molecular weight is 328 g/mol. The molecule has 0 amide bonds. The van der Waals surface area contributed by atoms with Crippen LogP contribution in [0.4, 0.5) is 0 Å². The van der Waals surface area contributed by atoms with Gasteiger partial charge in [-0.05, 0) is 35.0 Å². The minimum Gasteiger partial charge on any atom is -0.497 e. The number of H-pyrrole nitrogens is 2. The first-order valence-corrected chi connectivity index (χ1v) is 7.37. The van der Waals surface area contributed by atoms with Crippen LogP contribution < -0.4 is 15.0 Å². The van der Waals surface area contributed by atoms with E-state index in [0.29, 0.717) is 29.5 Å². The number of rotatable bonds is 6. The first-order valence-electron chi connectivity index (χ1n) is 7.37. The highest BCUT2D eigenvalue weighted by atomic mass is 16.5. The van der Waals surface area contributed by atoms with Crippen LogP contribution in [0.5, 0.6) is 11.5 Å². The van der Waals surface area contributed by atoms with E-state index < -0.39 is 0 Å². The lowest BCUT2D eigenvalue weighted by Gasteiger charge is -2.12. The fraction of sp³-hybridized carbons (Fsp3) is 0.267. The number of nitrogens with zero attached hydrogens (tertiary/aromatic N) is 4. The number of methoxy groups -OCH3 is 1. The summed E-state index contributed by atoms with van der Waals surface area (Å²) in [6.07, 6.45) is 2.28. The van der Waals surface area contributed by atoms with Crippen LogP contribution >= 0.6 is 0 Å². The van der Waals surface area contributed by atoms with Crippen molar-refractivity contribution in [2.24, 2.45) is 0 Å². The van der Waals surface area contributed by atoms with Gasteiger partial charge in [-0.2, -0.15) is 0 Å². The van der Waals surface area contributed by atoms with E-state index in [1.54, 1.807) is 25.3 Å². The molecule has 9 nitrogen and oxygen atoms in total. The number of hydrogen-bond donors (Lipinski definition) is 2. The van der Waals surface area contributed by atoms with Gasteiger partial charge >= 0.3 is 0 Å². The Kier molecular flexibility index (Phi) is 4.50. The third-order valence-corrected chi connectivity index (χ3v) is 3.30. The van der Waals surface area contributed by atoms with Gasteiger partial charge in [-0.15, -0.1) is 5.10 Å². The number of aromatic amines is 2. The highest BCUT2D eigenvalue weighted by Crippen LogP contribution is 2.31. The molecule has 0 atom stereocenters. The smallest absolute Gasteiger partial charge is 0.262 e. The summed E-state index contributed by atoms with van der Waals surface area (Å²) in [6, 6.07) is 5.35. The van der Waals surface area contributed by atoms with Crippen molar-refractivity contribution in [3.63, 3.8) is 0 Å². The number of nitrogens with one attached hydrogen (secondary N) is 2. The molecule has 0 unspecified atom stereocenters. The predicted molar refractivity (Wildman–Crippen MR) is 85.8 cm³/mol. The van der Waals surface area contributed by atoms with Crippen molar-refractivity contribution >= 4 is 0 Å². The molecule has 0 saturated heterocycles. The molecule has 9 heteroatoms. The monoisotopic (exact) mass is 328 g/mol. The highest BCUT2D eigenvalue weighted by molar-refractivity contribution is 5.67. The number of aromatic nitrogens is 6. The summed E-state index contributed by atoms with van der Waals surface area (Å²) in [5.41, 5.74) is 0.535. The maximum absolute atomic E-state index is 12.3. The predicted octanol–water partition coefficient (Wildman–Crippen LogP) is 1.41. The topological polar surface area (TPSA) is 119 Å². The lowest BCUT2D eigenvalue weighted by atomic mass is 10.1. The standard InChI is InChI=1S/C15H16N6O3/c1-3-6-24-12-5-4-9(23-2)7-10(12)13-16-8-11(15(22)17-13)14-18-20-21-19-14/h4-5,7-8H,3,6H2,1-2H3,(H,16,17,22)(H,18,19,20,21). The fourth-order valence-electron chi connectivity index (χ4n) is 2.13. The van der Waals surface area contributed by atoms with E-state index in [1.807, 2.05) is 6.92 Å². The van der Waals surface area contributed by atoms with Crippen LogP contribution in [0.1, 0.15) is 13.3 Å².